The van der Waals surface area contributed by atoms with Gasteiger partial charge in [0.15, 0.2) is 125 Å². The van der Waals surface area contributed by atoms with E-state index in [-0.39, 0.29) is 106 Å². The predicted molar refractivity (Wildman–Crippen MR) is 457 cm³/mol. The molecular formula is C79H83Cl3N26O23. The lowest BCUT2D eigenvalue weighted by molar-refractivity contribution is -0.137. The van der Waals surface area contributed by atoms with Crippen LogP contribution in [0.4, 0.5) is 35.3 Å². The van der Waals surface area contributed by atoms with Crippen molar-refractivity contribution in [3.63, 3.8) is 0 Å². The Morgan fingerprint density at radius 2 is 0.664 bits per heavy atom. The lowest BCUT2D eigenvalue weighted by atomic mass is 10.2. The number of fused-ring (bicyclic) bond motifs is 5. The second-order valence-corrected chi connectivity index (χ2v) is 28.5. The minimum absolute atomic E-state index is 0.00597. The van der Waals surface area contributed by atoms with Gasteiger partial charge in [-0.3, -0.25) is 22.8 Å². The molecule has 0 amide bonds. The normalized spacial score (nSPS) is 21.2. The van der Waals surface area contributed by atoms with Gasteiger partial charge in [-0.15, -0.1) is 0 Å². The van der Waals surface area contributed by atoms with Crippen LogP contribution in [0, 0.1) is 0 Å². The van der Waals surface area contributed by atoms with Gasteiger partial charge in [0.2, 0.25) is 24.1 Å². The maximum atomic E-state index is 12.0. The lowest BCUT2D eigenvalue weighted by Gasteiger charge is -2.13. The highest BCUT2D eigenvalue weighted by molar-refractivity contribution is 6.34. The molecule has 10 aromatic heterocycles. The fourth-order valence-corrected chi connectivity index (χ4v) is 13.4. The summed E-state index contributed by atoms with van der Waals surface area (Å²) >= 11 is 17.8. The Hall–Kier alpha value is -13.4. The van der Waals surface area contributed by atoms with E-state index in [1.54, 1.807) is 133 Å². The number of benzene rings is 4. The van der Waals surface area contributed by atoms with Crippen LogP contribution in [-0.4, -0.2) is 260 Å². The molecule has 52 heteroatoms. The van der Waals surface area contributed by atoms with Crippen molar-refractivity contribution in [2.24, 2.45) is 0 Å². The van der Waals surface area contributed by atoms with E-state index < -0.39 is 92.8 Å². The van der Waals surface area contributed by atoms with Crippen molar-refractivity contribution >= 4 is 150 Å². The first-order chi connectivity index (χ1) is 63.6. The molecule has 0 bridgehead atoms. The van der Waals surface area contributed by atoms with Crippen molar-refractivity contribution in [2.75, 3.05) is 114 Å². The zero-order chi connectivity index (χ0) is 92.2. The van der Waals surface area contributed by atoms with E-state index in [1.807, 2.05) is 26.0 Å². The Bertz CT molecular complexity index is 6120. The van der Waals surface area contributed by atoms with Crippen LogP contribution in [0.3, 0.4) is 0 Å². The Balaban J connectivity index is 0.000000127. The number of aromatic nitrogens is 20. The standard InChI is InChI=1S/C18H15ClO6.C16H14ClN5O4.C16H15N5O4.C9H10ClN5O3.C9H12N6O3.C9H11N5O3.C2H6/c19-14-8-4-7-13(9-14)18(21)25-16-11-22-15(24-16)10-23-17(20)12-5-2-1-3-6-12;17-13-12-14(21-16(18)20-13)22(8-19-12)10-6-24-11(26-10)7-25-15(23)9-4-2-1-3-5-9;17-14-13-15(19-8-18-14)21(9-20-13)11-6-23-12(25-11)7-24-16(22)10-4-2-1-3-5-10;2*10-7-6-8(14-9(11)13-7)15(3-12-6)4-2-17-5(1-16)18-4;10-8-7-9(12-3-11-8)14(4-13-7)5-2-16-6(1-15)17-5;1-2/h1-9,15-16H,10-11H2;1-5,8,10-11H,6-7H2,(H2,18,20,21);1-5,8-9,11-12H,6-7H2,(H2,17,18,19);3-5,16H,1-2H2,(H2,11,13,14);3-5,16H,1-2H2,(H4,10,11,13,14);3-6,15H,1-2H2,(H2,10,11,12);1-2H3. The van der Waals surface area contributed by atoms with E-state index >= 15 is 0 Å². The molecule has 0 saturated carbocycles. The first-order valence-electron chi connectivity index (χ1n) is 39.6. The fraction of sp³-hybridized carbons (Fsp3) is 0.329. The van der Waals surface area contributed by atoms with Crippen LogP contribution in [0.1, 0.15) is 86.4 Å². The highest BCUT2D eigenvalue weighted by atomic mass is 35.5. The number of carbonyl (C=O) groups is 4. The van der Waals surface area contributed by atoms with Gasteiger partial charge in [-0.2, -0.15) is 29.9 Å². The predicted octanol–water partition coefficient (Wildman–Crippen LogP) is 5.06. The summed E-state index contributed by atoms with van der Waals surface area (Å²) in [5, 5.41) is 27.6. The van der Waals surface area contributed by atoms with E-state index in [2.05, 4.69) is 74.8 Å². The molecular weight excluding hydrogens is 1790 g/mol. The third-order valence-electron chi connectivity index (χ3n) is 18.8. The van der Waals surface area contributed by atoms with Crippen LogP contribution in [0.25, 0.3) is 55.8 Å². The molecule has 49 nitrogen and oxygen atoms in total. The van der Waals surface area contributed by atoms with Gasteiger partial charge in [0, 0.05) is 5.02 Å². The highest BCUT2D eigenvalue weighted by Gasteiger charge is 2.36. The van der Waals surface area contributed by atoms with Gasteiger partial charge >= 0.3 is 23.9 Å². The summed E-state index contributed by atoms with van der Waals surface area (Å²) in [6, 6.07) is 32.4. The Kier molecular flexibility index (Phi) is 31.7. The van der Waals surface area contributed by atoms with Crippen LogP contribution in [-0.2, 0) is 75.8 Å². The van der Waals surface area contributed by atoms with Crippen molar-refractivity contribution in [1.29, 1.82) is 0 Å². The molecule has 12 unspecified atom stereocenters. The number of anilines is 6. The number of nitrogens with zero attached hydrogens (tertiary/aromatic N) is 20. The molecule has 4 aromatic carbocycles. The summed E-state index contributed by atoms with van der Waals surface area (Å²) in [6.07, 6.45) is 3.47. The highest BCUT2D eigenvalue weighted by Crippen LogP contribution is 2.33. The third kappa shape index (κ3) is 23.2. The van der Waals surface area contributed by atoms with Gasteiger partial charge in [0.05, 0.1) is 107 Å². The number of hydrogen-bond acceptors (Lipinski definition) is 44. The number of aliphatic hydroxyl groups excluding tert-OH is 3. The lowest BCUT2D eigenvalue weighted by Crippen LogP contribution is -2.23. The summed E-state index contributed by atoms with van der Waals surface area (Å²) < 4.78 is 94.4. The minimum atomic E-state index is -0.869. The van der Waals surface area contributed by atoms with Crippen molar-refractivity contribution in [3.8, 4) is 0 Å². The van der Waals surface area contributed by atoms with Crippen LogP contribution >= 0.6 is 34.8 Å². The number of ether oxygens (including phenoxy) is 16. The summed E-state index contributed by atoms with van der Waals surface area (Å²) in [4.78, 5) is 108. The van der Waals surface area contributed by atoms with E-state index in [1.165, 1.54) is 37.7 Å². The van der Waals surface area contributed by atoms with E-state index in [4.69, 9.17) is 160 Å². The molecule has 6 fully saturated rings. The monoisotopic (exact) mass is 1870 g/mol. The summed E-state index contributed by atoms with van der Waals surface area (Å²) in [6.45, 7) is 4.76. The largest absolute Gasteiger partial charge is 0.457 e. The van der Waals surface area contributed by atoms with E-state index in [0.29, 0.717) is 108 Å². The first-order valence-corrected chi connectivity index (χ1v) is 40.8. The van der Waals surface area contributed by atoms with Crippen LogP contribution in [0.15, 0.2) is 160 Å². The quantitative estimate of drug-likeness (QED) is 0.0290. The molecule has 16 heterocycles. The number of imidazole rings is 5. The fourth-order valence-electron chi connectivity index (χ4n) is 12.7. The van der Waals surface area contributed by atoms with Crippen LogP contribution in [0.5, 0.6) is 0 Å². The molecule has 0 radical (unpaired) electrons. The Morgan fingerprint density at radius 1 is 0.351 bits per heavy atom. The average molecular weight is 1870 g/mol. The number of esters is 4. The van der Waals surface area contributed by atoms with E-state index in [9.17, 15) is 19.2 Å². The number of nitrogens with two attached hydrogens (primary N) is 6. The average Bonchev–Trinajstić information content (AvgIpc) is 1.64. The zero-order valence-electron chi connectivity index (χ0n) is 69.0. The van der Waals surface area contributed by atoms with Gasteiger partial charge in [-0.1, -0.05) is 109 Å². The summed E-state index contributed by atoms with van der Waals surface area (Å²) in [5.74, 6) is -0.907. The molecule has 20 rings (SSSR count). The molecule has 6 saturated heterocycles. The molecule has 6 aliphatic heterocycles. The maximum Gasteiger partial charge on any atom is 0.340 e. The smallest absolute Gasteiger partial charge is 0.340 e. The Morgan fingerprint density at radius 3 is 1.03 bits per heavy atom. The van der Waals surface area contributed by atoms with Gasteiger partial charge in [0.1, 0.15) is 66.7 Å². The second kappa shape index (κ2) is 44.3. The molecule has 131 heavy (non-hydrogen) atoms. The van der Waals surface area contributed by atoms with Crippen LogP contribution in [0.2, 0.25) is 15.3 Å². The number of aliphatic hydroxyl groups is 3. The molecule has 14 aromatic rings. The van der Waals surface area contributed by atoms with E-state index in [0.717, 1.165) is 0 Å². The van der Waals surface area contributed by atoms with Crippen molar-refractivity contribution in [2.45, 2.75) is 89.0 Å². The first kappa shape index (κ1) is 93.7. The Labute approximate surface area is 753 Å². The number of nitrogen functional groups attached to an aromatic ring is 6. The SMILES string of the molecule is CC.Nc1nc(Cl)c2ncn(C3COC(CO)O3)c2n1.Nc1nc(Cl)c2ncn(C3COC(COC(=O)c4ccccc4)O3)c2n1.Nc1nc(N)c2ncn(C3COC(CO)O3)c2n1.Nc1ncnc2c1ncn2C1COC(CO)O1.Nc1ncnc2c1ncn2C1COC(COC(=O)c2ccccc2)O1.O=C(OCC1OCC(OC(=O)c2cccc(Cl)c2)O1)c1ccccc1. The molecule has 6 aliphatic rings. The van der Waals surface area contributed by atoms with Gasteiger partial charge in [-0.05, 0) is 54.6 Å². The van der Waals surface area contributed by atoms with Gasteiger partial charge in [-0.25, -0.2) is 64.0 Å². The van der Waals surface area contributed by atoms with Gasteiger partial charge in [0.25, 0.3) is 0 Å². The van der Waals surface area contributed by atoms with Crippen molar-refractivity contribution in [1.82, 2.24) is 97.6 Å². The number of halogens is 3. The number of hydrogen-bond donors (Lipinski definition) is 9. The number of carbonyl (C=O) groups excluding carboxylic acids is 4. The molecule has 688 valence electrons. The second-order valence-electron chi connectivity index (χ2n) is 27.3. The molecule has 12 atom stereocenters. The van der Waals surface area contributed by atoms with Gasteiger partial charge < -0.3 is 126 Å². The van der Waals surface area contributed by atoms with Crippen LogP contribution < -0.4 is 34.4 Å². The maximum absolute atomic E-state index is 12.0. The zero-order valence-corrected chi connectivity index (χ0v) is 71.2. The summed E-state index contributed by atoms with van der Waals surface area (Å²) in [7, 11) is 0. The third-order valence-corrected chi connectivity index (χ3v) is 19.6. The molecule has 15 N–H and O–H groups in total. The molecule has 0 aliphatic carbocycles. The summed E-state index contributed by atoms with van der Waals surface area (Å²) in [5.41, 5.74) is 40.5. The molecule has 0 spiro atoms. The number of rotatable bonds is 19. The van der Waals surface area contributed by atoms with Crippen molar-refractivity contribution < 1.29 is 110 Å². The minimum Gasteiger partial charge on any atom is -0.457 e. The topological polar surface area (TPSA) is 651 Å². The van der Waals surface area contributed by atoms with Crippen molar-refractivity contribution in [3.05, 3.63) is 197 Å².